The molecule has 1 heterocycles. The number of esters is 2. The Kier molecular flexibility index (Phi) is 7.36. The average Bonchev–Trinajstić information content (AvgIpc) is 3.05. The summed E-state index contributed by atoms with van der Waals surface area (Å²) in [7, 11) is 2.49. The summed E-state index contributed by atoms with van der Waals surface area (Å²) in [6, 6.07) is 3.30. The zero-order valence-electron chi connectivity index (χ0n) is 16.4. The lowest BCUT2D eigenvalue weighted by molar-refractivity contribution is -0.181. The van der Waals surface area contributed by atoms with E-state index in [1.165, 1.54) is 21.1 Å². The molecule has 0 spiro atoms. The monoisotopic (exact) mass is 396 g/mol. The van der Waals surface area contributed by atoms with Crippen molar-refractivity contribution < 1.29 is 42.8 Å². The summed E-state index contributed by atoms with van der Waals surface area (Å²) in [4.78, 5) is 34.5. The van der Waals surface area contributed by atoms with Crippen molar-refractivity contribution in [2.24, 2.45) is 0 Å². The van der Waals surface area contributed by atoms with E-state index in [1.54, 1.807) is 12.1 Å². The van der Waals surface area contributed by atoms with Crippen molar-refractivity contribution in [1.82, 2.24) is 0 Å². The number of carbonyl (C=O) groups excluding carboxylic acids is 3. The number of benzene rings is 1. The molecule has 0 atom stereocenters. The molecule has 1 aromatic rings. The van der Waals surface area contributed by atoms with Crippen LogP contribution >= 0.6 is 0 Å². The van der Waals surface area contributed by atoms with Crippen LogP contribution in [0.4, 0.5) is 0 Å². The number of methoxy groups -OCH3 is 2. The number of ether oxygens (including phenoxy) is 6. The number of rotatable bonds is 10. The van der Waals surface area contributed by atoms with Crippen LogP contribution in [0.5, 0.6) is 11.5 Å². The van der Waals surface area contributed by atoms with Gasteiger partial charge in [0.25, 0.3) is 5.79 Å². The molecular weight excluding hydrogens is 372 g/mol. The van der Waals surface area contributed by atoms with Gasteiger partial charge in [-0.3, -0.25) is 4.79 Å². The molecule has 0 saturated carbocycles. The molecule has 154 valence electrons. The third kappa shape index (κ3) is 4.99. The van der Waals surface area contributed by atoms with E-state index in [4.69, 9.17) is 18.9 Å². The molecule has 1 aliphatic heterocycles. The number of ketones is 1. The van der Waals surface area contributed by atoms with E-state index in [9.17, 15) is 14.4 Å². The fourth-order valence-electron chi connectivity index (χ4n) is 2.74. The maximum atomic E-state index is 11.9. The lowest BCUT2D eigenvalue weighted by Crippen LogP contribution is -2.48. The van der Waals surface area contributed by atoms with Crippen LogP contribution < -0.4 is 9.47 Å². The van der Waals surface area contributed by atoms with Crippen LogP contribution in [0.25, 0.3) is 0 Å². The molecule has 1 aromatic carbocycles. The van der Waals surface area contributed by atoms with Crippen molar-refractivity contribution in [3.05, 3.63) is 23.3 Å². The Bertz CT molecular complexity index is 719. The SMILES string of the molecule is CCc1c(C(C)=O)ccc2c1OC(COCC(=O)OC)(COCC(=O)OC)O2. The van der Waals surface area contributed by atoms with Gasteiger partial charge in [0.05, 0.1) is 14.2 Å². The van der Waals surface area contributed by atoms with E-state index >= 15 is 0 Å². The molecule has 28 heavy (non-hydrogen) atoms. The van der Waals surface area contributed by atoms with Gasteiger partial charge in [-0.15, -0.1) is 0 Å². The maximum Gasteiger partial charge on any atom is 0.331 e. The zero-order chi connectivity index (χ0) is 20.7. The molecular formula is C19H24O9. The van der Waals surface area contributed by atoms with Crippen LogP contribution in [0.1, 0.15) is 29.8 Å². The summed E-state index contributed by atoms with van der Waals surface area (Å²) >= 11 is 0. The van der Waals surface area contributed by atoms with E-state index in [1.807, 2.05) is 6.92 Å². The second-order valence-corrected chi connectivity index (χ2v) is 6.08. The molecule has 0 saturated heterocycles. The molecule has 2 rings (SSSR count). The first-order valence-electron chi connectivity index (χ1n) is 8.69. The van der Waals surface area contributed by atoms with Crippen molar-refractivity contribution in [3.8, 4) is 11.5 Å². The maximum absolute atomic E-state index is 11.9. The Labute approximate surface area is 162 Å². The van der Waals surface area contributed by atoms with Gasteiger partial charge in [-0.2, -0.15) is 0 Å². The molecule has 9 heteroatoms. The Hall–Kier alpha value is -2.65. The molecule has 0 aliphatic carbocycles. The van der Waals surface area contributed by atoms with Gasteiger partial charge in [0.15, 0.2) is 17.3 Å². The van der Waals surface area contributed by atoms with E-state index < -0.39 is 17.7 Å². The largest absolute Gasteiger partial charge is 0.467 e. The number of hydrogen-bond acceptors (Lipinski definition) is 9. The Morgan fingerprint density at radius 2 is 1.54 bits per heavy atom. The Morgan fingerprint density at radius 3 is 2.00 bits per heavy atom. The van der Waals surface area contributed by atoms with E-state index in [0.717, 1.165) is 0 Å². The fourth-order valence-corrected chi connectivity index (χ4v) is 2.74. The van der Waals surface area contributed by atoms with Crippen LogP contribution in [-0.4, -0.2) is 64.2 Å². The van der Waals surface area contributed by atoms with Gasteiger partial charge in [0.2, 0.25) is 0 Å². The van der Waals surface area contributed by atoms with Gasteiger partial charge in [0.1, 0.15) is 26.4 Å². The minimum atomic E-state index is -1.43. The van der Waals surface area contributed by atoms with Crippen LogP contribution in [-0.2, 0) is 35.0 Å². The highest BCUT2D eigenvalue weighted by Crippen LogP contribution is 2.44. The quantitative estimate of drug-likeness (QED) is 0.427. The topological polar surface area (TPSA) is 107 Å². The van der Waals surface area contributed by atoms with Gasteiger partial charge in [0, 0.05) is 11.1 Å². The van der Waals surface area contributed by atoms with E-state index in [0.29, 0.717) is 29.0 Å². The standard InChI is InChI=1S/C19H24O9/c1-5-13-14(12(2)20)6-7-15-18(13)28-19(27-15,10-25-8-16(21)23-3)11-26-9-17(22)24-4/h6-7H,5,8-11H2,1-4H3. The summed E-state index contributed by atoms with van der Waals surface area (Å²) in [6.07, 6.45) is 0.545. The highest BCUT2D eigenvalue weighted by molar-refractivity contribution is 5.96. The highest BCUT2D eigenvalue weighted by Gasteiger charge is 2.44. The van der Waals surface area contributed by atoms with Crippen molar-refractivity contribution in [2.45, 2.75) is 26.1 Å². The molecule has 0 unspecified atom stereocenters. The van der Waals surface area contributed by atoms with Crippen LogP contribution in [0.2, 0.25) is 0 Å². The number of carbonyl (C=O) groups is 3. The highest BCUT2D eigenvalue weighted by atomic mass is 16.8. The van der Waals surface area contributed by atoms with Crippen LogP contribution in [0.3, 0.4) is 0 Å². The van der Waals surface area contributed by atoms with Gasteiger partial charge in [-0.1, -0.05) is 6.92 Å². The summed E-state index contributed by atoms with van der Waals surface area (Å²) in [5, 5.41) is 0. The molecule has 1 aliphatic rings. The van der Waals surface area contributed by atoms with Crippen molar-refractivity contribution >= 4 is 17.7 Å². The van der Waals surface area contributed by atoms with Gasteiger partial charge < -0.3 is 28.4 Å². The second-order valence-electron chi connectivity index (χ2n) is 6.08. The number of Topliss-reactive ketones (excluding diaryl/α,β-unsaturated/α-hetero) is 1. The molecule has 9 nitrogen and oxygen atoms in total. The number of hydrogen-bond donors (Lipinski definition) is 0. The lowest BCUT2D eigenvalue weighted by atomic mass is 10.0. The normalized spacial score (nSPS) is 13.9. The molecule has 0 fully saturated rings. The fraction of sp³-hybridized carbons (Fsp3) is 0.526. The second kappa shape index (κ2) is 9.52. The van der Waals surface area contributed by atoms with Crippen LogP contribution in [0.15, 0.2) is 12.1 Å². The molecule has 0 N–H and O–H groups in total. The van der Waals surface area contributed by atoms with E-state index in [2.05, 4.69) is 9.47 Å². The predicted octanol–water partition coefficient (Wildman–Crippen LogP) is 1.30. The van der Waals surface area contributed by atoms with Gasteiger partial charge in [-0.25, -0.2) is 9.59 Å². The predicted molar refractivity (Wildman–Crippen MR) is 95.5 cm³/mol. The molecule has 0 aromatic heterocycles. The van der Waals surface area contributed by atoms with Crippen molar-refractivity contribution in [3.63, 3.8) is 0 Å². The van der Waals surface area contributed by atoms with Gasteiger partial charge in [-0.05, 0) is 25.5 Å². The van der Waals surface area contributed by atoms with E-state index in [-0.39, 0.29) is 32.2 Å². The molecule has 0 amide bonds. The number of fused-ring (bicyclic) bond motifs is 1. The minimum Gasteiger partial charge on any atom is -0.467 e. The first kappa shape index (κ1) is 21.6. The average molecular weight is 396 g/mol. The van der Waals surface area contributed by atoms with Gasteiger partial charge >= 0.3 is 11.9 Å². The summed E-state index contributed by atoms with van der Waals surface area (Å²) in [6.45, 7) is 2.41. The Morgan fingerprint density at radius 1 is 0.964 bits per heavy atom. The third-order valence-electron chi connectivity index (χ3n) is 4.08. The van der Waals surface area contributed by atoms with Crippen LogP contribution in [0, 0.1) is 0 Å². The minimum absolute atomic E-state index is 0.0929. The smallest absolute Gasteiger partial charge is 0.331 e. The first-order valence-corrected chi connectivity index (χ1v) is 8.69. The van der Waals surface area contributed by atoms with Crippen molar-refractivity contribution in [2.75, 3.05) is 40.6 Å². The molecule has 0 bridgehead atoms. The summed E-state index contributed by atoms with van der Waals surface area (Å²) in [5.74, 6) is -1.80. The Balaban J connectivity index is 2.22. The summed E-state index contributed by atoms with van der Waals surface area (Å²) in [5.41, 5.74) is 1.24. The molecule has 0 radical (unpaired) electrons. The first-order chi connectivity index (χ1) is 13.4. The lowest BCUT2D eigenvalue weighted by Gasteiger charge is -2.27. The van der Waals surface area contributed by atoms with Crippen molar-refractivity contribution in [1.29, 1.82) is 0 Å². The summed E-state index contributed by atoms with van der Waals surface area (Å²) < 4.78 is 31.7. The zero-order valence-corrected chi connectivity index (χ0v) is 16.4. The third-order valence-corrected chi connectivity index (χ3v) is 4.08.